The van der Waals surface area contributed by atoms with E-state index in [-0.39, 0.29) is 10.6 Å². The summed E-state index contributed by atoms with van der Waals surface area (Å²) in [6.45, 7) is 3.75. The highest BCUT2D eigenvalue weighted by Gasteiger charge is 2.14. The Morgan fingerprint density at radius 1 is 1.38 bits per heavy atom. The number of benzene rings is 1. The summed E-state index contributed by atoms with van der Waals surface area (Å²) in [5.74, 6) is 0. The summed E-state index contributed by atoms with van der Waals surface area (Å²) in [5.41, 5.74) is 0.921. The number of aromatic nitrogens is 1. The van der Waals surface area contributed by atoms with Gasteiger partial charge in [-0.15, -0.1) is 11.3 Å². The molecule has 0 saturated carbocycles. The lowest BCUT2D eigenvalue weighted by Crippen LogP contribution is -2.21. The third-order valence-electron chi connectivity index (χ3n) is 3.15. The van der Waals surface area contributed by atoms with Gasteiger partial charge < -0.3 is 4.90 Å². The highest BCUT2D eigenvalue weighted by molar-refractivity contribution is 7.22. The Morgan fingerprint density at radius 2 is 2.24 bits per heavy atom. The molecule has 0 aliphatic heterocycles. The van der Waals surface area contributed by atoms with E-state index in [4.69, 9.17) is 0 Å². The van der Waals surface area contributed by atoms with Crippen molar-refractivity contribution in [2.24, 2.45) is 0 Å². The Morgan fingerprint density at radius 3 is 2.90 bits per heavy atom. The molecule has 5 nitrogen and oxygen atoms in total. The van der Waals surface area contributed by atoms with Crippen molar-refractivity contribution in [2.45, 2.75) is 13.5 Å². The van der Waals surface area contributed by atoms with Gasteiger partial charge in [0.15, 0.2) is 5.13 Å². The fourth-order valence-corrected chi connectivity index (χ4v) is 3.84. The number of anilines is 1. The SMILES string of the molecule is CCN(Cc1cccs1)c1nc2ccc([N+](=O)[O-])cc2s1. The van der Waals surface area contributed by atoms with Crippen LogP contribution in [0.15, 0.2) is 35.7 Å². The third kappa shape index (κ3) is 2.88. The standard InChI is InChI=1S/C14H13N3O2S2/c1-2-16(9-11-4-3-7-20-11)14-15-12-6-5-10(17(18)19)8-13(12)21-14/h3-8H,2,9H2,1H3. The summed E-state index contributed by atoms with van der Waals surface area (Å²) in [6, 6.07) is 8.95. The number of fused-ring (bicyclic) bond motifs is 1. The van der Waals surface area contributed by atoms with Gasteiger partial charge in [-0.25, -0.2) is 4.98 Å². The third-order valence-corrected chi connectivity index (χ3v) is 5.09. The number of hydrogen-bond acceptors (Lipinski definition) is 6. The van der Waals surface area contributed by atoms with Crippen molar-refractivity contribution in [1.29, 1.82) is 0 Å². The first kappa shape index (κ1) is 14.0. The van der Waals surface area contributed by atoms with Crippen molar-refractivity contribution in [3.8, 4) is 0 Å². The zero-order valence-corrected chi connectivity index (χ0v) is 13.0. The van der Waals surface area contributed by atoms with E-state index in [1.54, 1.807) is 23.5 Å². The van der Waals surface area contributed by atoms with Gasteiger partial charge in [0.1, 0.15) is 0 Å². The minimum absolute atomic E-state index is 0.110. The van der Waals surface area contributed by atoms with Gasteiger partial charge in [0.25, 0.3) is 5.69 Å². The molecule has 3 aromatic rings. The summed E-state index contributed by atoms with van der Waals surface area (Å²) < 4.78 is 0.851. The van der Waals surface area contributed by atoms with Gasteiger partial charge >= 0.3 is 0 Å². The second kappa shape index (κ2) is 5.79. The first-order valence-corrected chi connectivity index (χ1v) is 8.19. The van der Waals surface area contributed by atoms with Crippen molar-refractivity contribution in [1.82, 2.24) is 4.98 Å². The molecular weight excluding hydrogens is 306 g/mol. The van der Waals surface area contributed by atoms with Gasteiger partial charge in [0, 0.05) is 23.6 Å². The molecule has 0 N–H and O–H groups in total. The molecule has 0 saturated heterocycles. The van der Waals surface area contributed by atoms with E-state index in [2.05, 4.69) is 28.3 Å². The monoisotopic (exact) mass is 319 g/mol. The zero-order chi connectivity index (χ0) is 14.8. The first-order chi connectivity index (χ1) is 10.2. The maximum Gasteiger partial charge on any atom is 0.270 e. The number of nitro groups is 1. The smallest absolute Gasteiger partial charge is 0.270 e. The Bertz CT molecular complexity index is 768. The molecule has 2 aromatic heterocycles. The predicted molar refractivity (Wildman–Crippen MR) is 87.3 cm³/mol. The van der Waals surface area contributed by atoms with E-state index in [1.165, 1.54) is 22.3 Å². The van der Waals surface area contributed by atoms with Crippen LogP contribution in [0.25, 0.3) is 10.2 Å². The van der Waals surface area contributed by atoms with Crippen LogP contribution in [0.5, 0.6) is 0 Å². The van der Waals surface area contributed by atoms with Crippen LogP contribution < -0.4 is 4.90 Å². The number of non-ortho nitro benzene ring substituents is 1. The molecule has 0 amide bonds. The maximum absolute atomic E-state index is 10.8. The highest BCUT2D eigenvalue weighted by Crippen LogP contribution is 2.32. The lowest BCUT2D eigenvalue weighted by molar-refractivity contribution is -0.384. The van der Waals surface area contributed by atoms with Crippen molar-refractivity contribution < 1.29 is 4.92 Å². The molecule has 0 unspecified atom stereocenters. The number of rotatable bonds is 5. The predicted octanol–water partition coefficient (Wildman–Crippen LogP) is 4.29. The largest absolute Gasteiger partial charge is 0.343 e. The molecule has 0 fully saturated rings. The van der Waals surface area contributed by atoms with Crippen LogP contribution in [0, 0.1) is 10.1 Å². The molecule has 0 aliphatic rings. The van der Waals surface area contributed by atoms with Crippen molar-refractivity contribution in [2.75, 3.05) is 11.4 Å². The van der Waals surface area contributed by atoms with Crippen LogP contribution in [-0.4, -0.2) is 16.5 Å². The van der Waals surface area contributed by atoms with Crippen LogP contribution in [0.2, 0.25) is 0 Å². The molecule has 0 aliphatic carbocycles. The fraction of sp³-hybridized carbons (Fsp3) is 0.214. The summed E-state index contributed by atoms with van der Waals surface area (Å²) in [6.07, 6.45) is 0. The fourth-order valence-electron chi connectivity index (χ4n) is 2.06. The van der Waals surface area contributed by atoms with E-state index in [0.29, 0.717) is 0 Å². The maximum atomic E-state index is 10.8. The van der Waals surface area contributed by atoms with Gasteiger partial charge in [-0.3, -0.25) is 10.1 Å². The summed E-state index contributed by atoms with van der Waals surface area (Å²) in [5, 5.41) is 13.8. The molecule has 7 heteroatoms. The Balaban J connectivity index is 1.93. The zero-order valence-electron chi connectivity index (χ0n) is 11.4. The molecule has 2 heterocycles. The van der Waals surface area contributed by atoms with Gasteiger partial charge in [-0.05, 0) is 24.4 Å². The first-order valence-electron chi connectivity index (χ1n) is 6.49. The number of thiophene rings is 1. The highest BCUT2D eigenvalue weighted by atomic mass is 32.1. The summed E-state index contributed by atoms with van der Waals surface area (Å²) in [7, 11) is 0. The van der Waals surface area contributed by atoms with Gasteiger partial charge in [-0.1, -0.05) is 17.4 Å². The molecular formula is C14H13N3O2S2. The van der Waals surface area contributed by atoms with Gasteiger partial charge in [0.2, 0.25) is 0 Å². The van der Waals surface area contributed by atoms with Gasteiger partial charge in [0.05, 0.1) is 21.7 Å². The normalized spacial score (nSPS) is 10.9. The number of hydrogen-bond donors (Lipinski definition) is 0. The van der Waals surface area contributed by atoms with Crippen LogP contribution in [0.4, 0.5) is 10.8 Å². The molecule has 0 atom stereocenters. The molecule has 0 spiro atoms. The lowest BCUT2D eigenvalue weighted by atomic mass is 10.3. The average molecular weight is 319 g/mol. The van der Waals surface area contributed by atoms with Crippen LogP contribution in [0.1, 0.15) is 11.8 Å². The van der Waals surface area contributed by atoms with Crippen molar-refractivity contribution in [3.63, 3.8) is 0 Å². The van der Waals surface area contributed by atoms with E-state index >= 15 is 0 Å². The minimum atomic E-state index is -0.373. The number of thiazole rings is 1. The summed E-state index contributed by atoms with van der Waals surface area (Å²) >= 11 is 3.22. The average Bonchev–Trinajstić information content (AvgIpc) is 3.12. The van der Waals surface area contributed by atoms with E-state index in [9.17, 15) is 10.1 Å². The molecule has 0 radical (unpaired) electrons. The lowest BCUT2D eigenvalue weighted by Gasteiger charge is -2.18. The second-order valence-corrected chi connectivity index (χ2v) is 6.54. The van der Waals surface area contributed by atoms with Crippen LogP contribution in [0.3, 0.4) is 0 Å². The molecule has 3 rings (SSSR count). The van der Waals surface area contributed by atoms with Crippen LogP contribution >= 0.6 is 22.7 Å². The Kier molecular flexibility index (Phi) is 3.85. The van der Waals surface area contributed by atoms with E-state index in [1.807, 2.05) is 6.07 Å². The van der Waals surface area contributed by atoms with Gasteiger partial charge in [-0.2, -0.15) is 0 Å². The van der Waals surface area contributed by atoms with E-state index in [0.717, 1.165) is 28.4 Å². The van der Waals surface area contributed by atoms with Crippen molar-refractivity contribution in [3.05, 3.63) is 50.7 Å². The minimum Gasteiger partial charge on any atom is -0.343 e. The Labute approximate surface area is 129 Å². The number of nitro benzene ring substituents is 1. The quantitative estimate of drug-likeness (QED) is 0.520. The molecule has 108 valence electrons. The topological polar surface area (TPSA) is 59.3 Å². The second-order valence-electron chi connectivity index (χ2n) is 4.50. The molecule has 0 bridgehead atoms. The van der Waals surface area contributed by atoms with E-state index < -0.39 is 0 Å². The molecule has 1 aromatic carbocycles. The van der Waals surface area contributed by atoms with Crippen LogP contribution in [-0.2, 0) is 6.54 Å². The number of nitrogens with zero attached hydrogens (tertiary/aromatic N) is 3. The molecule has 21 heavy (non-hydrogen) atoms. The Hall–Kier alpha value is -1.99. The van der Waals surface area contributed by atoms with Crippen molar-refractivity contribution >= 4 is 43.7 Å². The summed E-state index contributed by atoms with van der Waals surface area (Å²) in [4.78, 5) is 18.5.